The third-order valence-corrected chi connectivity index (χ3v) is 2.42. The zero-order chi connectivity index (χ0) is 11.3. The van der Waals surface area contributed by atoms with E-state index in [2.05, 4.69) is 5.32 Å². The summed E-state index contributed by atoms with van der Waals surface area (Å²) < 4.78 is 0. The van der Waals surface area contributed by atoms with Crippen LogP contribution in [-0.2, 0) is 0 Å². The molecule has 0 radical (unpaired) electrons. The summed E-state index contributed by atoms with van der Waals surface area (Å²) in [5.74, 6) is 0.314. The molecule has 0 aromatic heterocycles. The predicted molar refractivity (Wildman–Crippen MR) is 60.8 cm³/mol. The number of nitrogens with one attached hydrogen (secondary N) is 1. The minimum Gasteiger partial charge on any atom is -0.508 e. The van der Waals surface area contributed by atoms with Crippen LogP contribution in [0.1, 0.15) is 31.9 Å². The van der Waals surface area contributed by atoms with Gasteiger partial charge in [0, 0.05) is 11.6 Å². The van der Waals surface area contributed by atoms with Crippen LogP contribution in [0.15, 0.2) is 24.3 Å². The van der Waals surface area contributed by atoms with Crippen molar-refractivity contribution in [2.24, 2.45) is 0 Å². The van der Waals surface area contributed by atoms with Crippen LogP contribution in [0.4, 0.5) is 0 Å². The van der Waals surface area contributed by atoms with E-state index in [1.165, 1.54) is 0 Å². The molecule has 0 aliphatic rings. The van der Waals surface area contributed by atoms with Gasteiger partial charge in [-0.3, -0.25) is 0 Å². The van der Waals surface area contributed by atoms with E-state index in [1.54, 1.807) is 19.1 Å². The highest BCUT2D eigenvalue weighted by molar-refractivity contribution is 5.33. The van der Waals surface area contributed by atoms with Crippen molar-refractivity contribution in [3.8, 4) is 5.75 Å². The van der Waals surface area contributed by atoms with Gasteiger partial charge in [0.1, 0.15) is 5.75 Å². The number of hydrogen-bond donors (Lipinski definition) is 3. The molecule has 3 heteroatoms. The Morgan fingerprint density at radius 1 is 1.27 bits per heavy atom. The van der Waals surface area contributed by atoms with Crippen molar-refractivity contribution in [2.75, 3.05) is 6.54 Å². The molecule has 0 bridgehead atoms. The number of aliphatic hydroxyl groups excluding tert-OH is 1. The monoisotopic (exact) mass is 209 g/mol. The summed E-state index contributed by atoms with van der Waals surface area (Å²) in [4.78, 5) is 0. The first-order chi connectivity index (χ1) is 7.11. The van der Waals surface area contributed by atoms with Crippen molar-refractivity contribution in [3.05, 3.63) is 29.8 Å². The van der Waals surface area contributed by atoms with Gasteiger partial charge in [-0.2, -0.15) is 0 Å². The van der Waals surface area contributed by atoms with Crippen molar-refractivity contribution in [2.45, 2.75) is 32.4 Å². The number of rotatable bonds is 5. The number of phenols is 1. The van der Waals surface area contributed by atoms with Crippen LogP contribution in [0.2, 0.25) is 0 Å². The van der Waals surface area contributed by atoms with Gasteiger partial charge in [0.2, 0.25) is 0 Å². The SMILES string of the molecule is C[C@H](O)CCN[C@H](C)c1ccccc1O. The average molecular weight is 209 g/mol. The number of hydrogen-bond acceptors (Lipinski definition) is 3. The fourth-order valence-corrected chi connectivity index (χ4v) is 1.47. The molecular formula is C12H19NO2. The van der Waals surface area contributed by atoms with Gasteiger partial charge < -0.3 is 15.5 Å². The van der Waals surface area contributed by atoms with Crippen LogP contribution in [0.25, 0.3) is 0 Å². The first-order valence-corrected chi connectivity index (χ1v) is 5.30. The second-order valence-corrected chi connectivity index (χ2v) is 3.87. The maximum Gasteiger partial charge on any atom is 0.120 e. The zero-order valence-corrected chi connectivity index (χ0v) is 9.27. The van der Waals surface area contributed by atoms with E-state index in [9.17, 15) is 5.11 Å². The summed E-state index contributed by atoms with van der Waals surface area (Å²) in [6, 6.07) is 7.39. The highest BCUT2D eigenvalue weighted by Gasteiger charge is 2.08. The van der Waals surface area contributed by atoms with Crippen molar-refractivity contribution in [1.29, 1.82) is 0 Å². The minimum atomic E-state index is -0.283. The van der Waals surface area contributed by atoms with Gasteiger partial charge >= 0.3 is 0 Å². The molecule has 0 saturated carbocycles. The summed E-state index contributed by atoms with van der Waals surface area (Å²) in [5, 5.41) is 22.0. The third kappa shape index (κ3) is 3.90. The number of phenolic OH excluding ortho intramolecular Hbond substituents is 1. The van der Waals surface area contributed by atoms with Crippen molar-refractivity contribution >= 4 is 0 Å². The van der Waals surface area contributed by atoms with Crippen LogP contribution in [-0.4, -0.2) is 22.9 Å². The van der Waals surface area contributed by atoms with E-state index < -0.39 is 0 Å². The maximum absolute atomic E-state index is 9.60. The lowest BCUT2D eigenvalue weighted by Crippen LogP contribution is -2.22. The van der Waals surface area contributed by atoms with Crippen LogP contribution < -0.4 is 5.32 Å². The van der Waals surface area contributed by atoms with Gasteiger partial charge in [0.25, 0.3) is 0 Å². The summed E-state index contributed by atoms with van der Waals surface area (Å²) in [6.07, 6.45) is 0.437. The maximum atomic E-state index is 9.60. The molecule has 1 aromatic carbocycles. The number of aromatic hydroxyl groups is 1. The highest BCUT2D eigenvalue weighted by Crippen LogP contribution is 2.22. The molecule has 0 fully saturated rings. The largest absolute Gasteiger partial charge is 0.508 e. The van der Waals surface area contributed by atoms with Crippen molar-refractivity contribution < 1.29 is 10.2 Å². The van der Waals surface area contributed by atoms with Gasteiger partial charge in [0.15, 0.2) is 0 Å². The molecule has 1 aromatic rings. The highest BCUT2D eigenvalue weighted by atomic mass is 16.3. The Morgan fingerprint density at radius 2 is 1.93 bits per heavy atom. The number of benzene rings is 1. The van der Waals surface area contributed by atoms with Gasteiger partial charge in [-0.1, -0.05) is 18.2 Å². The Bertz CT molecular complexity index is 299. The van der Waals surface area contributed by atoms with Gasteiger partial charge in [0.05, 0.1) is 6.10 Å². The molecular weight excluding hydrogens is 190 g/mol. The quantitative estimate of drug-likeness (QED) is 0.693. The predicted octanol–water partition coefficient (Wildman–Crippen LogP) is 1.81. The summed E-state index contributed by atoms with van der Waals surface area (Å²) in [7, 11) is 0. The molecule has 2 atom stereocenters. The molecule has 3 nitrogen and oxygen atoms in total. The summed E-state index contributed by atoms with van der Waals surface area (Å²) in [6.45, 7) is 4.51. The Labute approximate surface area is 90.8 Å². The molecule has 15 heavy (non-hydrogen) atoms. The van der Waals surface area contributed by atoms with Crippen LogP contribution in [0, 0.1) is 0 Å². The molecule has 0 amide bonds. The van der Waals surface area contributed by atoms with Crippen LogP contribution in [0.5, 0.6) is 5.75 Å². The minimum absolute atomic E-state index is 0.102. The van der Waals surface area contributed by atoms with Crippen LogP contribution >= 0.6 is 0 Å². The first-order valence-electron chi connectivity index (χ1n) is 5.30. The lowest BCUT2D eigenvalue weighted by Gasteiger charge is -2.15. The normalized spacial score (nSPS) is 14.9. The number of aliphatic hydroxyl groups is 1. The summed E-state index contributed by atoms with van der Waals surface area (Å²) >= 11 is 0. The van der Waals surface area contributed by atoms with E-state index in [1.807, 2.05) is 19.1 Å². The molecule has 1 rings (SSSR count). The smallest absolute Gasteiger partial charge is 0.120 e. The van der Waals surface area contributed by atoms with E-state index in [0.29, 0.717) is 5.75 Å². The van der Waals surface area contributed by atoms with Gasteiger partial charge in [-0.15, -0.1) is 0 Å². The molecule has 0 heterocycles. The second kappa shape index (κ2) is 5.73. The second-order valence-electron chi connectivity index (χ2n) is 3.87. The first kappa shape index (κ1) is 12.0. The Hall–Kier alpha value is -1.06. The lowest BCUT2D eigenvalue weighted by atomic mass is 10.1. The lowest BCUT2D eigenvalue weighted by molar-refractivity contribution is 0.182. The van der Waals surface area contributed by atoms with E-state index in [0.717, 1.165) is 18.5 Å². The topological polar surface area (TPSA) is 52.5 Å². The van der Waals surface area contributed by atoms with Crippen molar-refractivity contribution in [1.82, 2.24) is 5.32 Å². The fraction of sp³-hybridized carbons (Fsp3) is 0.500. The fourth-order valence-electron chi connectivity index (χ4n) is 1.47. The third-order valence-electron chi connectivity index (χ3n) is 2.42. The molecule has 0 spiro atoms. The molecule has 0 saturated heterocycles. The van der Waals surface area contributed by atoms with E-state index >= 15 is 0 Å². The number of para-hydroxylation sites is 1. The Kier molecular flexibility index (Phi) is 4.59. The standard InChI is InChI=1S/C12H19NO2/c1-9(14)7-8-13-10(2)11-5-3-4-6-12(11)15/h3-6,9-10,13-15H,7-8H2,1-2H3/t9-,10+/m0/s1. The van der Waals surface area contributed by atoms with Gasteiger partial charge in [-0.05, 0) is 32.9 Å². The molecule has 3 N–H and O–H groups in total. The average Bonchev–Trinajstić information content (AvgIpc) is 2.17. The van der Waals surface area contributed by atoms with E-state index in [-0.39, 0.29) is 12.1 Å². The van der Waals surface area contributed by atoms with Crippen molar-refractivity contribution in [3.63, 3.8) is 0 Å². The molecule has 0 unspecified atom stereocenters. The van der Waals surface area contributed by atoms with Crippen LogP contribution in [0.3, 0.4) is 0 Å². The Morgan fingerprint density at radius 3 is 2.53 bits per heavy atom. The van der Waals surface area contributed by atoms with Gasteiger partial charge in [-0.25, -0.2) is 0 Å². The summed E-state index contributed by atoms with van der Waals surface area (Å²) in [5.41, 5.74) is 0.892. The molecule has 0 aliphatic heterocycles. The zero-order valence-electron chi connectivity index (χ0n) is 9.27. The Balaban J connectivity index is 2.47. The molecule has 0 aliphatic carbocycles. The van der Waals surface area contributed by atoms with E-state index in [4.69, 9.17) is 5.11 Å². The molecule has 84 valence electrons.